The van der Waals surface area contributed by atoms with E-state index in [1.165, 1.54) is 32.7 Å². The second-order valence-electron chi connectivity index (χ2n) is 8.01. The summed E-state index contributed by atoms with van der Waals surface area (Å²) in [5.41, 5.74) is -0.625. The van der Waals surface area contributed by atoms with Gasteiger partial charge in [-0.15, -0.1) is 21.5 Å². The van der Waals surface area contributed by atoms with E-state index < -0.39 is 11.7 Å². The van der Waals surface area contributed by atoms with Crippen molar-refractivity contribution in [2.24, 2.45) is 0 Å². The highest BCUT2D eigenvalue weighted by molar-refractivity contribution is 7.16. The number of aromatic nitrogens is 5. The summed E-state index contributed by atoms with van der Waals surface area (Å²) in [6.45, 7) is 1.10. The number of rotatable bonds is 4. The standard InChI is InChI=1S/C21H19F3N6O2S/c22-21(23,24)14-3-4-16-26-27-18(30(16)11-14)13-2-1-7-28(10-13)17(31)5-8-29-12-25-19-15(20(29)32)6-9-33-19/h3-4,6,9,11-13H,1-2,5,7-8,10H2. The van der Waals surface area contributed by atoms with Gasteiger partial charge in [-0.25, -0.2) is 4.98 Å². The van der Waals surface area contributed by atoms with E-state index in [1.54, 1.807) is 16.3 Å². The van der Waals surface area contributed by atoms with Crippen LogP contribution in [0.15, 0.2) is 40.9 Å². The van der Waals surface area contributed by atoms with Gasteiger partial charge in [0.05, 0.1) is 17.3 Å². The zero-order chi connectivity index (χ0) is 23.2. The molecule has 4 aromatic rings. The maximum atomic E-state index is 13.1. The van der Waals surface area contributed by atoms with Gasteiger partial charge in [0.2, 0.25) is 5.91 Å². The maximum absolute atomic E-state index is 13.1. The summed E-state index contributed by atoms with van der Waals surface area (Å²) in [5.74, 6) is 0.0616. The number of hydrogen-bond donors (Lipinski definition) is 0. The first-order chi connectivity index (χ1) is 15.8. The molecule has 5 heterocycles. The van der Waals surface area contributed by atoms with Crippen LogP contribution in [0.2, 0.25) is 0 Å². The van der Waals surface area contributed by atoms with Crippen molar-refractivity contribution < 1.29 is 18.0 Å². The van der Waals surface area contributed by atoms with Crippen LogP contribution in [0.1, 0.15) is 36.6 Å². The van der Waals surface area contributed by atoms with Crippen LogP contribution in [-0.4, -0.2) is 48.0 Å². The minimum Gasteiger partial charge on any atom is -0.342 e. The summed E-state index contributed by atoms with van der Waals surface area (Å²) in [6, 6.07) is 3.99. The lowest BCUT2D eigenvalue weighted by Gasteiger charge is -2.32. The molecule has 4 aromatic heterocycles. The van der Waals surface area contributed by atoms with Crippen molar-refractivity contribution >= 4 is 33.1 Å². The van der Waals surface area contributed by atoms with E-state index in [4.69, 9.17) is 0 Å². The van der Waals surface area contributed by atoms with Crippen molar-refractivity contribution in [2.45, 2.75) is 37.9 Å². The number of alkyl halides is 3. The number of carbonyl (C=O) groups is 1. The van der Waals surface area contributed by atoms with Crippen molar-refractivity contribution in [3.05, 3.63) is 57.8 Å². The highest BCUT2D eigenvalue weighted by Gasteiger charge is 2.32. The third-order valence-corrected chi connectivity index (χ3v) is 6.73. The third-order valence-electron chi connectivity index (χ3n) is 5.91. The lowest BCUT2D eigenvalue weighted by Crippen LogP contribution is -2.40. The molecule has 33 heavy (non-hydrogen) atoms. The summed E-state index contributed by atoms with van der Waals surface area (Å²) in [7, 11) is 0. The van der Waals surface area contributed by atoms with E-state index >= 15 is 0 Å². The van der Waals surface area contributed by atoms with Crippen molar-refractivity contribution in [3.63, 3.8) is 0 Å². The Labute approximate surface area is 189 Å². The largest absolute Gasteiger partial charge is 0.417 e. The molecular weight excluding hydrogens is 457 g/mol. The summed E-state index contributed by atoms with van der Waals surface area (Å²) in [5, 5.41) is 10.4. The van der Waals surface area contributed by atoms with Crippen molar-refractivity contribution in [1.29, 1.82) is 0 Å². The molecule has 1 saturated heterocycles. The molecule has 0 radical (unpaired) electrons. The molecule has 1 amide bonds. The summed E-state index contributed by atoms with van der Waals surface area (Å²) in [6.07, 6.45) is -0.489. The summed E-state index contributed by atoms with van der Waals surface area (Å²) < 4.78 is 42.2. The Bertz CT molecular complexity index is 1390. The zero-order valence-corrected chi connectivity index (χ0v) is 18.1. The smallest absolute Gasteiger partial charge is 0.342 e. The average molecular weight is 476 g/mol. The fraction of sp³-hybridized carbons (Fsp3) is 0.381. The van der Waals surface area contributed by atoms with Crippen LogP contribution in [-0.2, 0) is 17.5 Å². The van der Waals surface area contributed by atoms with E-state index in [0.29, 0.717) is 47.6 Å². The van der Waals surface area contributed by atoms with Crippen molar-refractivity contribution in [2.75, 3.05) is 13.1 Å². The number of pyridine rings is 1. The SMILES string of the molecule is O=C(CCn1cnc2sccc2c1=O)N1CCCC(c2nnc3ccc(C(F)(F)F)cn23)C1. The van der Waals surface area contributed by atoms with Gasteiger partial charge >= 0.3 is 6.18 Å². The summed E-state index contributed by atoms with van der Waals surface area (Å²) >= 11 is 1.38. The number of piperidine rings is 1. The quantitative estimate of drug-likeness (QED) is 0.451. The summed E-state index contributed by atoms with van der Waals surface area (Å²) in [4.78, 5) is 32.0. The molecule has 1 fully saturated rings. The predicted octanol–water partition coefficient (Wildman–Crippen LogP) is 3.32. The van der Waals surface area contributed by atoms with Gasteiger partial charge in [-0.05, 0) is 36.4 Å². The van der Waals surface area contributed by atoms with Gasteiger partial charge in [0, 0.05) is 38.2 Å². The van der Waals surface area contributed by atoms with Crippen LogP contribution in [0.5, 0.6) is 0 Å². The number of fused-ring (bicyclic) bond motifs is 2. The second kappa shape index (κ2) is 8.25. The molecule has 0 saturated carbocycles. The lowest BCUT2D eigenvalue weighted by atomic mass is 9.97. The molecule has 172 valence electrons. The van der Waals surface area contributed by atoms with Gasteiger partial charge in [0.15, 0.2) is 5.65 Å². The number of thiophene rings is 1. The maximum Gasteiger partial charge on any atom is 0.417 e. The number of halogens is 3. The number of likely N-dealkylation sites (tertiary alicyclic amines) is 1. The van der Waals surface area contributed by atoms with Gasteiger partial charge in [0.1, 0.15) is 10.7 Å². The van der Waals surface area contributed by atoms with Crippen LogP contribution in [0.4, 0.5) is 13.2 Å². The predicted molar refractivity (Wildman–Crippen MR) is 115 cm³/mol. The van der Waals surface area contributed by atoms with E-state index in [-0.39, 0.29) is 30.3 Å². The van der Waals surface area contributed by atoms with Crippen LogP contribution < -0.4 is 5.56 Å². The van der Waals surface area contributed by atoms with Gasteiger partial charge in [-0.2, -0.15) is 13.2 Å². The Kier molecular flexibility index (Phi) is 5.39. The normalized spacial score (nSPS) is 17.2. The van der Waals surface area contributed by atoms with Crippen LogP contribution in [0, 0.1) is 0 Å². The number of nitrogens with zero attached hydrogens (tertiary/aromatic N) is 6. The average Bonchev–Trinajstić information content (AvgIpc) is 3.45. The Morgan fingerprint density at radius 2 is 2.06 bits per heavy atom. The van der Waals surface area contributed by atoms with Gasteiger partial charge in [-0.3, -0.25) is 18.6 Å². The molecule has 0 aliphatic carbocycles. The minimum absolute atomic E-state index is 0.123. The molecule has 5 rings (SSSR count). The minimum atomic E-state index is -4.47. The fourth-order valence-corrected chi connectivity index (χ4v) is 4.92. The monoisotopic (exact) mass is 476 g/mol. The highest BCUT2D eigenvalue weighted by atomic mass is 32.1. The van der Waals surface area contributed by atoms with Gasteiger partial charge in [-0.1, -0.05) is 0 Å². The molecule has 1 atom stereocenters. The van der Waals surface area contributed by atoms with E-state index in [1.807, 2.05) is 0 Å². The third kappa shape index (κ3) is 4.10. The molecule has 1 unspecified atom stereocenters. The number of carbonyl (C=O) groups excluding carboxylic acids is 1. The van der Waals surface area contributed by atoms with Gasteiger partial charge in [0.25, 0.3) is 5.56 Å². The molecule has 0 aromatic carbocycles. The number of amides is 1. The molecule has 12 heteroatoms. The van der Waals surface area contributed by atoms with E-state index in [2.05, 4.69) is 15.2 Å². The van der Waals surface area contributed by atoms with Crippen molar-refractivity contribution in [1.82, 2.24) is 29.0 Å². The van der Waals surface area contributed by atoms with Crippen molar-refractivity contribution in [3.8, 4) is 0 Å². The van der Waals surface area contributed by atoms with E-state index in [0.717, 1.165) is 12.3 Å². The fourth-order valence-electron chi connectivity index (χ4n) is 4.20. The first kappa shape index (κ1) is 21.6. The Morgan fingerprint density at radius 1 is 1.21 bits per heavy atom. The first-order valence-electron chi connectivity index (χ1n) is 10.4. The molecular formula is C21H19F3N6O2S. The first-order valence-corrected chi connectivity index (χ1v) is 11.3. The van der Waals surface area contributed by atoms with Gasteiger partial charge < -0.3 is 4.90 Å². The molecule has 0 N–H and O–H groups in total. The Hall–Kier alpha value is -3.28. The Balaban J connectivity index is 1.31. The topological polar surface area (TPSA) is 85.4 Å². The number of aryl methyl sites for hydroxylation is 1. The number of hydrogen-bond acceptors (Lipinski definition) is 6. The van der Waals surface area contributed by atoms with Crippen LogP contribution in [0.3, 0.4) is 0 Å². The van der Waals surface area contributed by atoms with E-state index in [9.17, 15) is 22.8 Å². The molecule has 0 spiro atoms. The lowest BCUT2D eigenvalue weighted by molar-refractivity contribution is -0.137. The van der Waals surface area contributed by atoms with Crippen LogP contribution >= 0.6 is 11.3 Å². The zero-order valence-electron chi connectivity index (χ0n) is 17.3. The highest BCUT2D eigenvalue weighted by Crippen LogP contribution is 2.31. The molecule has 1 aliphatic rings. The Morgan fingerprint density at radius 3 is 2.88 bits per heavy atom. The molecule has 1 aliphatic heterocycles. The second-order valence-corrected chi connectivity index (χ2v) is 8.91. The van der Waals surface area contributed by atoms with Crippen LogP contribution in [0.25, 0.3) is 15.9 Å². The molecule has 0 bridgehead atoms. The molecule has 8 nitrogen and oxygen atoms in total.